The molecular weight excluding hydrogens is 345 g/mol. The van der Waals surface area contributed by atoms with E-state index in [-0.39, 0.29) is 24.4 Å². The first-order valence-corrected chi connectivity index (χ1v) is 8.98. The Hall–Kier alpha value is -1.19. The standard InChI is InChI=1S/C15H21F3N2O3S/c1-14(2,3)10-5-7-20(9-12(10)21)24(22,23)13-8-19-6-4-11(13)15(16,17)18/h4,6,8,10,12,21H,5,7,9H2,1-3H3. The fraction of sp³-hybridized carbons (Fsp3) is 0.667. The van der Waals surface area contributed by atoms with E-state index in [4.69, 9.17) is 0 Å². The molecular formula is C15H21F3N2O3S. The van der Waals surface area contributed by atoms with Crippen molar-refractivity contribution in [2.24, 2.45) is 11.3 Å². The molecule has 24 heavy (non-hydrogen) atoms. The Labute approximate surface area is 139 Å². The van der Waals surface area contributed by atoms with E-state index in [1.54, 1.807) is 0 Å². The van der Waals surface area contributed by atoms with Crippen molar-refractivity contribution in [3.05, 3.63) is 24.0 Å². The van der Waals surface area contributed by atoms with Crippen molar-refractivity contribution >= 4 is 10.0 Å². The van der Waals surface area contributed by atoms with Gasteiger partial charge < -0.3 is 5.11 Å². The summed E-state index contributed by atoms with van der Waals surface area (Å²) in [5.41, 5.74) is -1.47. The molecule has 1 N–H and O–H groups in total. The Morgan fingerprint density at radius 3 is 2.42 bits per heavy atom. The summed E-state index contributed by atoms with van der Waals surface area (Å²) in [6.07, 6.45) is -3.73. The van der Waals surface area contributed by atoms with Gasteiger partial charge in [-0.3, -0.25) is 4.98 Å². The molecule has 1 saturated heterocycles. The molecule has 0 aromatic carbocycles. The lowest BCUT2D eigenvalue weighted by atomic mass is 9.74. The van der Waals surface area contributed by atoms with E-state index in [2.05, 4.69) is 4.98 Å². The number of piperidine rings is 1. The maximum Gasteiger partial charge on any atom is 0.417 e. The third kappa shape index (κ3) is 3.73. The SMILES string of the molecule is CC(C)(C)C1CCN(S(=O)(=O)c2cnccc2C(F)(F)F)CC1O. The second kappa shape index (κ2) is 6.27. The molecule has 1 aromatic heterocycles. The summed E-state index contributed by atoms with van der Waals surface area (Å²) in [4.78, 5) is 2.65. The van der Waals surface area contributed by atoms with Crippen LogP contribution in [0.15, 0.2) is 23.4 Å². The van der Waals surface area contributed by atoms with Gasteiger partial charge in [0.25, 0.3) is 0 Å². The minimum Gasteiger partial charge on any atom is -0.391 e. The van der Waals surface area contributed by atoms with Crippen molar-refractivity contribution in [2.45, 2.75) is 44.4 Å². The number of hydrogen-bond acceptors (Lipinski definition) is 4. The molecule has 2 heterocycles. The van der Waals surface area contributed by atoms with Crippen LogP contribution in [-0.4, -0.2) is 42.0 Å². The molecule has 1 aromatic rings. The summed E-state index contributed by atoms with van der Waals surface area (Å²) >= 11 is 0. The number of aliphatic hydroxyl groups excluding tert-OH is 1. The van der Waals surface area contributed by atoms with Gasteiger partial charge in [0, 0.05) is 25.5 Å². The van der Waals surface area contributed by atoms with Crippen LogP contribution < -0.4 is 0 Å². The van der Waals surface area contributed by atoms with E-state index in [1.807, 2.05) is 20.8 Å². The normalized spacial score (nSPS) is 24.1. The maximum absolute atomic E-state index is 13.1. The molecule has 2 unspecified atom stereocenters. The summed E-state index contributed by atoms with van der Waals surface area (Å²) in [5, 5.41) is 10.3. The van der Waals surface area contributed by atoms with Crippen LogP contribution in [0.5, 0.6) is 0 Å². The van der Waals surface area contributed by atoms with Gasteiger partial charge in [-0.15, -0.1) is 0 Å². The first kappa shape index (κ1) is 19.1. The number of alkyl halides is 3. The fourth-order valence-electron chi connectivity index (χ4n) is 3.09. The van der Waals surface area contributed by atoms with Crippen LogP contribution in [0.2, 0.25) is 0 Å². The summed E-state index contributed by atoms with van der Waals surface area (Å²) in [6.45, 7) is 5.65. The average Bonchev–Trinajstić information content (AvgIpc) is 2.45. The number of sulfonamides is 1. The van der Waals surface area contributed by atoms with Crippen molar-refractivity contribution in [3.63, 3.8) is 0 Å². The van der Waals surface area contributed by atoms with E-state index in [1.165, 1.54) is 0 Å². The molecule has 5 nitrogen and oxygen atoms in total. The third-order valence-corrected chi connectivity index (χ3v) is 6.26. The summed E-state index contributed by atoms with van der Waals surface area (Å²) < 4.78 is 65.4. The second-order valence-corrected chi connectivity index (χ2v) is 8.97. The monoisotopic (exact) mass is 366 g/mol. The van der Waals surface area contributed by atoms with E-state index in [9.17, 15) is 26.7 Å². The molecule has 2 rings (SSSR count). The highest BCUT2D eigenvalue weighted by Crippen LogP contribution is 2.38. The molecule has 2 atom stereocenters. The summed E-state index contributed by atoms with van der Waals surface area (Å²) in [6, 6.07) is 0.644. The molecule has 1 fully saturated rings. The lowest BCUT2D eigenvalue weighted by Gasteiger charge is -2.41. The van der Waals surface area contributed by atoms with Gasteiger partial charge in [0.15, 0.2) is 0 Å². The van der Waals surface area contributed by atoms with Gasteiger partial charge in [-0.05, 0) is 23.8 Å². The van der Waals surface area contributed by atoms with Gasteiger partial charge in [-0.2, -0.15) is 17.5 Å². The van der Waals surface area contributed by atoms with Crippen molar-refractivity contribution in [2.75, 3.05) is 13.1 Å². The first-order chi connectivity index (χ1) is 10.8. The zero-order valence-corrected chi connectivity index (χ0v) is 14.5. The van der Waals surface area contributed by atoms with E-state index >= 15 is 0 Å². The molecule has 0 amide bonds. The van der Waals surface area contributed by atoms with Gasteiger partial charge in [0.1, 0.15) is 4.90 Å². The van der Waals surface area contributed by atoms with Crippen molar-refractivity contribution in [1.29, 1.82) is 0 Å². The Morgan fingerprint density at radius 1 is 1.29 bits per heavy atom. The number of β-amino-alcohol motifs (C(OH)–C–C–N with tert-alkyl or cyclic N) is 1. The highest BCUT2D eigenvalue weighted by Gasteiger charge is 2.43. The predicted molar refractivity (Wildman–Crippen MR) is 81.6 cm³/mol. The number of halogens is 3. The first-order valence-electron chi connectivity index (χ1n) is 7.54. The summed E-state index contributed by atoms with van der Waals surface area (Å²) in [7, 11) is -4.39. The Bertz CT molecular complexity index is 699. The zero-order chi connectivity index (χ0) is 18.3. The lowest BCUT2D eigenvalue weighted by molar-refractivity contribution is -0.140. The van der Waals surface area contributed by atoms with Crippen LogP contribution in [0.4, 0.5) is 13.2 Å². The molecule has 0 saturated carbocycles. The van der Waals surface area contributed by atoms with E-state index < -0.39 is 32.8 Å². The largest absolute Gasteiger partial charge is 0.417 e. The highest BCUT2D eigenvalue weighted by molar-refractivity contribution is 7.89. The Balaban J connectivity index is 2.34. The molecule has 1 aliphatic rings. The molecule has 0 aliphatic carbocycles. The average molecular weight is 366 g/mol. The molecule has 0 radical (unpaired) electrons. The quantitative estimate of drug-likeness (QED) is 0.873. The van der Waals surface area contributed by atoms with Crippen LogP contribution >= 0.6 is 0 Å². The van der Waals surface area contributed by atoms with E-state index in [0.29, 0.717) is 18.7 Å². The van der Waals surface area contributed by atoms with Gasteiger partial charge >= 0.3 is 6.18 Å². The molecule has 9 heteroatoms. The van der Waals surface area contributed by atoms with Crippen molar-refractivity contribution < 1.29 is 26.7 Å². The van der Waals surface area contributed by atoms with Gasteiger partial charge in [-0.1, -0.05) is 20.8 Å². The fourth-order valence-corrected chi connectivity index (χ4v) is 4.72. The summed E-state index contributed by atoms with van der Waals surface area (Å²) in [5.74, 6) is -0.125. The molecule has 136 valence electrons. The Kier molecular flexibility index (Phi) is 5.00. The van der Waals surface area contributed by atoms with E-state index in [0.717, 1.165) is 10.5 Å². The van der Waals surface area contributed by atoms with Crippen LogP contribution in [-0.2, 0) is 16.2 Å². The van der Waals surface area contributed by atoms with Gasteiger partial charge in [0.2, 0.25) is 10.0 Å². The Morgan fingerprint density at radius 2 is 1.92 bits per heavy atom. The minimum atomic E-state index is -4.80. The lowest BCUT2D eigenvalue weighted by Crippen LogP contribution is -2.50. The molecule has 1 aliphatic heterocycles. The number of rotatable bonds is 2. The van der Waals surface area contributed by atoms with Crippen molar-refractivity contribution in [1.82, 2.24) is 9.29 Å². The minimum absolute atomic E-state index is 0.0630. The molecule has 0 bridgehead atoms. The number of hydrogen-bond donors (Lipinski definition) is 1. The molecule has 0 spiro atoms. The number of aliphatic hydroxyl groups is 1. The van der Waals surface area contributed by atoms with Gasteiger partial charge in [-0.25, -0.2) is 8.42 Å². The highest BCUT2D eigenvalue weighted by atomic mass is 32.2. The van der Waals surface area contributed by atoms with Crippen LogP contribution in [0.25, 0.3) is 0 Å². The number of nitrogens with zero attached hydrogens (tertiary/aromatic N) is 2. The van der Waals surface area contributed by atoms with Crippen LogP contribution in [0, 0.1) is 11.3 Å². The maximum atomic E-state index is 13.1. The van der Waals surface area contributed by atoms with Crippen LogP contribution in [0.1, 0.15) is 32.8 Å². The van der Waals surface area contributed by atoms with Gasteiger partial charge in [0.05, 0.1) is 11.7 Å². The number of pyridine rings is 1. The number of aromatic nitrogens is 1. The third-order valence-electron chi connectivity index (χ3n) is 4.36. The second-order valence-electron chi connectivity index (χ2n) is 7.06. The van der Waals surface area contributed by atoms with Crippen molar-refractivity contribution in [3.8, 4) is 0 Å². The zero-order valence-electron chi connectivity index (χ0n) is 13.7. The van der Waals surface area contributed by atoms with Crippen LogP contribution in [0.3, 0.4) is 0 Å². The predicted octanol–water partition coefficient (Wildman–Crippen LogP) is 2.52. The smallest absolute Gasteiger partial charge is 0.391 e. The topological polar surface area (TPSA) is 70.5 Å².